The smallest absolute Gasteiger partial charge is 0.414 e. The molecule has 3 aromatic rings. The van der Waals surface area contributed by atoms with Gasteiger partial charge >= 0.3 is 18.0 Å². The minimum atomic E-state index is -0.706. The summed E-state index contributed by atoms with van der Waals surface area (Å²) in [6.45, 7) is 8.80. The van der Waals surface area contributed by atoms with Crippen molar-refractivity contribution in [3.05, 3.63) is 41.1 Å². The Labute approximate surface area is 247 Å². The van der Waals surface area contributed by atoms with E-state index >= 15 is 0 Å². The van der Waals surface area contributed by atoms with Crippen LogP contribution in [-0.2, 0) is 19.1 Å². The highest BCUT2D eigenvalue weighted by molar-refractivity contribution is 9.10. The van der Waals surface area contributed by atoms with Gasteiger partial charge in [0.2, 0.25) is 0 Å². The zero-order valence-corrected chi connectivity index (χ0v) is 25.7. The summed E-state index contributed by atoms with van der Waals surface area (Å²) in [6, 6.07) is 8.76. The van der Waals surface area contributed by atoms with E-state index < -0.39 is 17.7 Å². The van der Waals surface area contributed by atoms with Crippen molar-refractivity contribution in [3.8, 4) is 11.5 Å². The van der Waals surface area contributed by atoms with Crippen molar-refractivity contribution in [2.75, 3.05) is 30.5 Å². The number of fused-ring (bicyclic) bond motifs is 1. The van der Waals surface area contributed by atoms with Crippen molar-refractivity contribution in [2.24, 2.45) is 0 Å². The molecule has 0 aliphatic rings. The maximum absolute atomic E-state index is 13.4. The fourth-order valence-electron chi connectivity index (χ4n) is 3.92. The lowest BCUT2D eigenvalue weighted by molar-refractivity contribution is -0.141. The Hall–Kier alpha value is -3.93. The van der Waals surface area contributed by atoms with Crippen LogP contribution < -0.4 is 19.7 Å². The Bertz CT molecular complexity index is 1410. The molecule has 0 radical (unpaired) electrons. The van der Waals surface area contributed by atoms with Crippen LogP contribution in [0.1, 0.15) is 53.9 Å². The lowest BCUT2D eigenvalue weighted by atomic mass is 10.1. The number of anilines is 3. The first-order valence-corrected chi connectivity index (χ1v) is 13.9. The molecule has 0 saturated carbocycles. The lowest BCUT2D eigenvalue weighted by Gasteiger charge is -2.29. The number of nitrogens with zero attached hydrogens (tertiary/aromatic N) is 3. The molecular weight excluding hydrogens is 596 g/mol. The molecule has 1 aromatic heterocycles. The predicted molar refractivity (Wildman–Crippen MR) is 159 cm³/mol. The summed E-state index contributed by atoms with van der Waals surface area (Å²) in [7, 11) is 1.48. The van der Waals surface area contributed by atoms with E-state index in [1.54, 1.807) is 17.0 Å². The number of amides is 1. The van der Waals surface area contributed by atoms with E-state index in [-0.39, 0.29) is 11.7 Å². The van der Waals surface area contributed by atoms with Gasteiger partial charge in [-0.05, 0) is 64.3 Å². The summed E-state index contributed by atoms with van der Waals surface area (Å²) in [5.41, 5.74) is 1.00. The Balaban J connectivity index is 1.99. The first-order valence-electron chi connectivity index (χ1n) is 13.1. The summed E-state index contributed by atoms with van der Waals surface area (Å²) >= 11 is 3.52. The highest BCUT2D eigenvalue weighted by Crippen LogP contribution is 2.37. The molecule has 0 unspecified atom stereocenters. The minimum Gasteiger partial charge on any atom is -0.493 e. The van der Waals surface area contributed by atoms with Gasteiger partial charge in [-0.15, -0.1) is 0 Å². The molecule has 0 aliphatic carbocycles. The van der Waals surface area contributed by atoms with Crippen LogP contribution in [0.5, 0.6) is 11.5 Å². The molecule has 12 heteroatoms. The number of carbonyl (C=O) groups excluding carboxylic acids is 3. The second kappa shape index (κ2) is 14.1. The summed E-state index contributed by atoms with van der Waals surface area (Å²) in [5, 5.41) is 3.90. The zero-order valence-electron chi connectivity index (χ0n) is 24.1. The second-order valence-electron chi connectivity index (χ2n) is 10.2. The quantitative estimate of drug-likeness (QED) is 0.141. The molecule has 3 rings (SSSR count). The molecule has 1 heterocycles. The number of halogens is 1. The number of hydrogen-bond donors (Lipinski definition) is 1. The summed E-state index contributed by atoms with van der Waals surface area (Å²) in [4.78, 5) is 46.5. The fourth-order valence-corrected chi connectivity index (χ4v) is 4.28. The second-order valence-corrected chi connectivity index (χ2v) is 11.1. The van der Waals surface area contributed by atoms with Crippen molar-refractivity contribution in [1.82, 2.24) is 9.97 Å². The van der Waals surface area contributed by atoms with Gasteiger partial charge in [0.15, 0.2) is 11.5 Å². The van der Waals surface area contributed by atoms with Gasteiger partial charge in [-0.25, -0.2) is 14.8 Å². The van der Waals surface area contributed by atoms with Crippen molar-refractivity contribution >= 4 is 62.1 Å². The number of hydrogen-bond acceptors (Lipinski definition) is 10. The highest BCUT2D eigenvalue weighted by atomic mass is 79.9. The van der Waals surface area contributed by atoms with E-state index in [0.717, 1.165) is 10.9 Å². The first kappa shape index (κ1) is 31.6. The molecular formula is C29H35BrN4O7. The SMILES string of the molecule is COc1cc2ncnc(Nc3cc(Br)ccc3N(CCCCCOC(C)=O)C(=O)OC(C)(C)C)c2cc1OC(C)=O. The summed E-state index contributed by atoms with van der Waals surface area (Å²) in [6.07, 6.45) is 2.97. The number of ether oxygens (including phenoxy) is 4. The average molecular weight is 632 g/mol. The molecule has 1 N–H and O–H groups in total. The standard InChI is InChI=1S/C29H35BrN4O7/c1-18(35)39-13-9-7-8-12-34(28(37)41-29(3,4)5)24-11-10-20(30)14-23(24)33-27-21-15-26(40-19(2)36)25(38-6)16-22(21)31-17-32-27/h10-11,14-17H,7-9,12-13H2,1-6H3,(H,31,32,33). The van der Waals surface area contributed by atoms with E-state index in [1.807, 2.05) is 39.0 Å². The van der Waals surface area contributed by atoms with Gasteiger partial charge in [0, 0.05) is 36.3 Å². The normalized spacial score (nSPS) is 11.1. The Morgan fingerprint density at radius 3 is 2.39 bits per heavy atom. The van der Waals surface area contributed by atoms with E-state index in [4.69, 9.17) is 18.9 Å². The molecule has 2 aromatic carbocycles. The van der Waals surface area contributed by atoms with Crippen LogP contribution in [0.15, 0.2) is 41.1 Å². The number of rotatable bonds is 11. The highest BCUT2D eigenvalue weighted by Gasteiger charge is 2.26. The van der Waals surface area contributed by atoms with Gasteiger partial charge in [0.05, 0.1) is 30.6 Å². The maximum Gasteiger partial charge on any atom is 0.414 e. The zero-order chi connectivity index (χ0) is 30.2. The van der Waals surface area contributed by atoms with Crippen LogP contribution in [0.25, 0.3) is 10.9 Å². The molecule has 0 atom stereocenters. The van der Waals surface area contributed by atoms with Gasteiger partial charge in [0.25, 0.3) is 0 Å². The topological polar surface area (TPSA) is 129 Å². The first-order chi connectivity index (χ1) is 19.4. The molecule has 220 valence electrons. The number of esters is 2. The van der Waals surface area contributed by atoms with E-state index in [0.29, 0.717) is 59.8 Å². The van der Waals surface area contributed by atoms with Crippen molar-refractivity contribution < 1.29 is 33.3 Å². The number of aromatic nitrogens is 2. The third-order valence-corrected chi connectivity index (χ3v) is 6.12. The molecule has 11 nitrogen and oxygen atoms in total. The molecule has 0 fully saturated rings. The van der Waals surface area contributed by atoms with E-state index in [2.05, 4.69) is 31.2 Å². The molecule has 0 spiro atoms. The minimum absolute atomic E-state index is 0.226. The van der Waals surface area contributed by atoms with Crippen LogP contribution in [0, 0.1) is 0 Å². The largest absolute Gasteiger partial charge is 0.493 e. The van der Waals surface area contributed by atoms with Crippen LogP contribution in [0.4, 0.5) is 22.0 Å². The average Bonchev–Trinajstić information content (AvgIpc) is 2.87. The Kier molecular flexibility index (Phi) is 10.9. The molecule has 0 bridgehead atoms. The van der Waals surface area contributed by atoms with Gasteiger partial charge < -0.3 is 24.3 Å². The van der Waals surface area contributed by atoms with Gasteiger partial charge in [0.1, 0.15) is 17.7 Å². The van der Waals surface area contributed by atoms with Crippen molar-refractivity contribution in [1.29, 1.82) is 0 Å². The number of nitrogens with one attached hydrogen (secondary N) is 1. The van der Waals surface area contributed by atoms with Gasteiger partial charge in [-0.3, -0.25) is 14.5 Å². The van der Waals surface area contributed by atoms with Gasteiger partial charge in [-0.2, -0.15) is 0 Å². The third kappa shape index (κ3) is 9.31. The van der Waals surface area contributed by atoms with E-state index in [9.17, 15) is 14.4 Å². The Morgan fingerprint density at radius 2 is 1.73 bits per heavy atom. The molecule has 0 saturated heterocycles. The van der Waals surface area contributed by atoms with Crippen molar-refractivity contribution in [3.63, 3.8) is 0 Å². The Morgan fingerprint density at radius 1 is 0.976 bits per heavy atom. The molecule has 0 aliphatic heterocycles. The van der Waals surface area contributed by atoms with Gasteiger partial charge in [-0.1, -0.05) is 15.9 Å². The van der Waals surface area contributed by atoms with Crippen molar-refractivity contribution in [2.45, 2.75) is 59.5 Å². The lowest BCUT2D eigenvalue weighted by Crippen LogP contribution is -2.38. The third-order valence-electron chi connectivity index (χ3n) is 5.62. The summed E-state index contributed by atoms with van der Waals surface area (Å²) < 4.78 is 22.2. The monoisotopic (exact) mass is 630 g/mol. The number of carbonyl (C=O) groups is 3. The van der Waals surface area contributed by atoms with Crippen LogP contribution in [0.2, 0.25) is 0 Å². The summed E-state index contributed by atoms with van der Waals surface area (Å²) in [5.74, 6) is 0.191. The number of unbranched alkanes of at least 4 members (excludes halogenated alkanes) is 2. The van der Waals surface area contributed by atoms with Crippen LogP contribution in [0.3, 0.4) is 0 Å². The number of benzene rings is 2. The maximum atomic E-state index is 13.4. The van der Waals surface area contributed by atoms with Crippen LogP contribution >= 0.6 is 15.9 Å². The van der Waals surface area contributed by atoms with Crippen LogP contribution in [-0.4, -0.2) is 53.9 Å². The molecule has 41 heavy (non-hydrogen) atoms. The van der Waals surface area contributed by atoms with E-state index in [1.165, 1.54) is 27.3 Å². The number of methoxy groups -OCH3 is 1. The predicted octanol–water partition coefficient (Wildman–Crippen LogP) is 6.54. The fraction of sp³-hybridized carbons (Fsp3) is 0.414. The molecule has 1 amide bonds.